The first-order valence-corrected chi connectivity index (χ1v) is 4.87. The summed E-state index contributed by atoms with van der Waals surface area (Å²) >= 11 is 0. The van der Waals surface area contributed by atoms with Gasteiger partial charge in [0.25, 0.3) is 5.91 Å². The van der Waals surface area contributed by atoms with Crippen molar-refractivity contribution in [2.45, 2.75) is 12.5 Å². The molecule has 8 nitrogen and oxygen atoms in total. The summed E-state index contributed by atoms with van der Waals surface area (Å²) in [5.74, 6) is -3.49. The number of anilines is 1. The van der Waals surface area contributed by atoms with Crippen molar-refractivity contribution in [3.63, 3.8) is 0 Å². The van der Waals surface area contributed by atoms with Gasteiger partial charge in [-0.05, 0) is 12.1 Å². The summed E-state index contributed by atoms with van der Waals surface area (Å²) in [6, 6.07) is 1.42. The number of carboxylic acids is 2. The number of primary amides is 1. The fraction of sp³-hybridized carbons (Fsp3) is 0.200. The van der Waals surface area contributed by atoms with Gasteiger partial charge in [0, 0.05) is 6.20 Å². The number of carbonyl (C=O) groups excluding carboxylic acids is 1. The van der Waals surface area contributed by atoms with Crippen LogP contribution in [0, 0.1) is 0 Å². The van der Waals surface area contributed by atoms with Gasteiger partial charge >= 0.3 is 11.9 Å². The molecule has 1 aromatic rings. The van der Waals surface area contributed by atoms with Gasteiger partial charge in [0.2, 0.25) is 0 Å². The summed E-state index contributed by atoms with van der Waals surface area (Å²) in [7, 11) is 0. The molecule has 1 aromatic heterocycles. The lowest BCUT2D eigenvalue weighted by molar-refractivity contribution is -0.144. The summed E-state index contributed by atoms with van der Waals surface area (Å²) in [4.78, 5) is 36.2. The SMILES string of the molecule is NC(=O)c1cccnc1NC(CC(=O)O)C(=O)O. The molecule has 96 valence electrons. The molecule has 1 atom stereocenters. The van der Waals surface area contributed by atoms with Gasteiger partial charge in [-0.3, -0.25) is 9.59 Å². The molecule has 1 heterocycles. The lowest BCUT2D eigenvalue weighted by Crippen LogP contribution is -2.33. The van der Waals surface area contributed by atoms with E-state index in [9.17, 15) is 14.4 Å². The molecule has 0 spiro atoms. The number of nitrogens with one attached hydrogen (secondary N) is 1. The Bertz CT molecular complexity index is 488. The van der Waals surface area contributed by atoms with E-state index in [2.05, 4.69) is 10.3 Å². The van der Waals surface area contributed by atoms with E-state index in [1.165, 1.54) is 18.3 Å². The number of pyridine rings is 1. The minimum absolute atomic E-state index is 0.00543. The van der Waals surface area contributed by atoms with E-state index in [-0.39, 0.29) is 11.4 Å². The number of aromatic nitrogens is 1. The predicted octanol–water partition coefficient (Wildman–Crippen LogP) is -0.480. The quantitative estimate of drug-likeness (QED) is 0.536. The zero-order valence-corrected chi connectivity index (χ0v) is 9.16. The zero-order chi connectivity index (χ0) is 13.7. The van der Waals surface area contributed by atoms with E-state index in [0.29, 0.717) is 0 Å². The molecule has 1 rings (SSSR count). The second-order valence-corrected chi connectivity index (χ2v) is 3.40. The molecular weight excluding hydrogens is 242 g/mol. The van der Waals surface area contributed by atoms with Crippen LogP contribution in [0.25, 0.3) is 0 Å². The Labute approximate surface area is 101 Å². The maximum Gasteiger partial charge on any atom is 0.326 e. The van der Waals surface area contributed by atoms with Gasteiger partial charge < -0.3 is 21.3 Å². The molecule has 1 amide bonds. The molecule has 0 bridgehead atoms. The third kappa shape index (κ3) is 3.44. The Kier molecular flexibility index (Phi) is 4.19. The number of amides is 1. The normalized spacial score (nSPS) is 11.6. The van der Waals surface area contributed by atoms with Gasteiger partial charge in [-0.25, -0.2) is 9.78 Å². The summed E-state index contributed by atoms with van der Waals surface area (Å²) in [5, 5.41) is 19.8. The average Bonchev–Trinajstić information content (AvgIpc) is 2.27. The zero-order valence-electron chi connectivity index (χ0n) is 9.16. The van der Waals surface area contributed by atoms with E-state index >= 15 is 0 Å². The lowest BCUT2D eigenvalue weighted by atomic mass is 10.2. The maximum absolute atomic E-state index is 11.1. The number of hydrogen-bond acceptors (Lipinski definition) is 5. The van der Waals surface area contributed by atoms with Crippen LogP contribution in [0.2, 0.25) is 0 Å². The maximum atomic E-state index is 11.1. The van der Waals surface area contributed by atoms with E-state index in [1.807, 2.05) is 0 Å². The summed E-state index contributed by atoms with van der Waals surface area (Å²) in [5.41, 5.74) is 5.08. The molecule has 1 unspecified atom stereocenters. The van der Waals surface area contributed by atoms with Crippen LogP contribution in [0.3, 0.4) is 0 Å². The third-order valence-electron chi connectivity index (χ3n) is 2.06. The molecule has 5 N–H and O–H groups in total. The number of aliphatic carboxylic acids is 2. The molecule has 0 aliphatic rings. The number of nitrogens with two attached hydrogens (primary N) is 1. The van der Waals surface area contributed by atoms with Crippen LogP contribution in [0.1, 0.15) is 16.8 Å². The molecule has 0 saturated heterocycles. The Morgan fingerprint density at radius 2 is 2.06 bits per heavy atom. The second-order valence-electron chi connectivity index (χ2n) is 3.40. The molecule has 0 fully saturated rings. The molecule has 0 radical (unpaired) electrons. The van der Waals surface area contributed by atoms with Crippen molar-refractivity contribution in [1.29, 1.82) is 0 Å². The smallest absolute Gasteiger partial charge is 0.326 e. The molecular formula is C10H11N3O5. The van der Waals surface area contributed by atoms with Crippen LogP contribution < -0.4 is 11.1 Å². The van der Waals surface area contributed by atoms with Crippen molar-refractivity contribution >= 4 is 23.7 Å². The number of carbonyl (C=O) groups is 3. The first kappa shape index (κ1) is 13.4. The highest BCUT2D eigenvalue weighted by Gasteiger charge is 2.23. The Morgan fingerprint density at radius 3 is 2.56 bits per heavy atom. The van der Waals surface area contributed by atoms with Gasteiger partial charge in [0.15, 0.2) is 0 Å². The third-order valence-corrected chi connectivity index (χ3v) is 2.06. The van der Waals surface area contributed by atoms with Crippen molar-refractivity contribution < 1.29 is 24.6 Å². The molecule has 0 saturated carbocycles. The first-order valence-electron chi connectivity index (χ1n) is 4.87. The lowest BCUT2D eigenvalue weighted by Gasteiger charge is -2.14. The highest BCUT2D eigenvalue weighted by atomic mass is 16.4. The van der Waals surface area contributed by atoms with Gasteiger partial charge in [0.05, 0.1) is 12.0 Å². The number of nitrogens with zero attached hydrogens (tertiary/aromatic N) is 1. The van der Waals surface area contributed by atoms with E-state index in [0.717, 1.165) is 0 Å². The minimum Gasteiger partial charge on any atom is -0.481 e. The van der Waals surface area contributed by atoms with Gasteiger partial charge in [-0.2, -0.15) is 0 Å². The van der Waals surface area contributed by atoms with E-state index in [4.69, 9.17) is 15.9 Å². The van der Waals surface area contributed by atoms with Crippen LogP contribution in [-0.2, 0) is 9.59 Å². The minimum atomic E-state index is -1.39. The fourth-order valence-corrected chi connectivity index (χ4v) is 1.26. The van der Waals surface area contributed by atoms with Gasteiger partial charge in [-0.15, -0.1) is 0 Å². The van der Waals surface area contributed by atoms with Crippen LogP contribution in [-0.4, -0.2) is 39.1 Å². The highest BCUT2D eigenvalue weighted by Crippen LogP contribution is 2.13. The van der Waals surface area contributed by atoms with Crippen molar-refractivity contribution in [3.05, 3.63) is 23.9 Å². The van der Waals surface area contributed by atoms with Crippen LogP contribution in [0.5, 0.6) is 0 Å². The van der Waals surface area contributed by atoms with Crippen molar-refractivity contribution in [2.24, 2.45) is 5.73 Å². The van der Waals surface area contributed by atoms with Crippen molar-refractivity contribution in [1.82, 2.24) is 4.98 Å². The van der Waals surface area contributed by atoms with Crippen LogP contribution in [0.4, 0.5) is 5.82 Å². The van der Waals surface area contributed by atoms with Crippen molar-refractivity contribution in [3.8, 4) is 0 Å². The van der Waals surface area contributed by atoms with Gasteiger partial charge in [-0.1, -0.05) is 0 Å². The predicted molar refractivity (Wildman–Crippen MR) is 60.1 cm³/mol. The Balaban J connectivity index is 2.97. The van der Waals surface area contributed by atoms with Crippen LogP contribution in [0.15, 0.2) is 18.3 Å². The first-order chi connectivity index (χ1) is 8.41. The number of rotatable bonds is 6. The monoisotopic (exact) mass is 253 g/mol. The Morgan fingerprint density at radius 1 is 1.39 bits per heavy atom. The summed E-state index contributed by atoms with van der Waals surface area (Å²) < 4.78 is 0. The summed E-state index contributed by atoms with van der Waals surface area (Å²) in [6.45, 7) is 0. The van der Waals surface area contributed by atoms with E-state index in [1.54, 1.807) is 0 Å². The highest BCUT2D eigenvalue weighted by molar-refractivity contribution is 5.98. The standard InChI is InChI=1S/C10H11N3O5/c11-8(16)5-2-1-3-12-9(5)13-6(10(17)18)4-7(14)15/h1-3,6H,4H2,(H2,11,16)(H,12,13)(H,14,15)(H,17,18). The molecule has 8 heteroatoms. The molecule has 0 aliphatic heterocycles. The molecule has 0 aliphatic carbocycles. The fourth-order valence-electron chi connectivity index (χ4n) is 1.26. The summed E-state index contributed by atoms with van der Waals surface area (Å²) in [6.07, 6.45) is 0.679. The largest absolute Gasteiger partial charge is 0.481 e. The number of carboxylic acid groups (broad SMARTS) is 2. The average molecular weight is 253 g/mol. The van der Waals surface area contributed by atoms with Crippen LogP contribution >= 0.6 is 0 Å². The Hall–Kier alpha value is -2.64. The van der Waals surface area contributed by atoms with E-state index < -0.39 is 30.3 Å². The van der Waals surface area contributed by atoms with Crippen molar-refractivity contribution in [2.75, 3.05) is 5.32 Å². The second kappa shape index (κ2) is 5.62. The number of hydrogen-bond donors (Lipinski definition) is 4. The molecule has 0 aromatic carbocycles. The molecule has 18 heavy (non-hydrogen) atoms. The topological polar surface area (TPSA) is 143 Å². The van der Waals surface area contributed by atoms with Gasteiger partial charge in [0.1, 0.15) is 11.9 Å².